The van der Waals surface area contributed by atoms with Gasteiger partial charge in [0.1, 0.15) is 6.04 Å². The molecule has 156 valence electrons. The van der Waals surface area contributed by atoms with Gasteiger partial charge in [-0.1, -0.05) is 12.1 Å². The lowest BCUT2D eigenvalue weighted by Gasteiger charge is -2.37. The van der Waals surface area contributed by atoms with E-state index in [2.05, 4.69) is 35.4 Å². The topological polar surface area (TPSA) is 81.8 Å². The molecule has 3 aliphatic heterocycles. The van der Waals surface area contributed by atoms with Crippen molar-refractivity contribution in [3.8, 4) is 0 Å². The minimum absolute atomic E-state index is 0.102. The SMILES string of the molecule is CC(C)N(Cc1ccc2c(c1)C(=O)N(C1CCC(=O)NC1=O)C2)C1CCNCC1. The van der Waals surface area contributed by atoms with E-state index in [1.807, 2.05) is 12.1 Å². The Kier molecular flexibility index (Phi) is 5.69. The zero-order valence-corrected chi connectivity index (χ0v) is 17.2. The highest BCUT2D eigenvalue weighted by atomic mass is 16.2. The van der Waals surface area contributed by atoms with Crippen LogP contribution in [0, 0.1) is 0 Å². The minimum Gasteiger partial charge on any atom is -0.322 e. The summed E-state index contributed by atoms with van der Waals surface area (Å²) in [5, 5.41) is 5.78. The molecule has 0 radical (unpaired) electrons. The van der Waals surface area contributed by atoms with E-state index < -0.39 is 6.04 Å². The molecule has 3 heterocycles. The van der Waals surface area contributed by atoms with Crippen LogP contribution in [0.5, 0.6) is 0 Å². The Morgan fingerprint density at radius 2 is 1.90 bits per heavy atom. The number of nitrogens with zero attached hydrogens (tertiary/aromatic N) is 2. The summed E-state index contributed by atoms with van der Waals surface area (Å²) >= 11 is 0. The maximum absolute atomic E-state index is 13.0. The van der Waals surface area contributed by atoms with Crippen LogP contribution in [0.25, 0.3) is 0 Å². The van der Waals surface area contributed by atoms with Crippen LogP contribution in [-0.2, 0) is 22.7 Å². The van der Waals surface area contributed by atoms with Crippen LogP contribution in [-0.4, -0.2) is 58.7 Å². The molecule has 7 nitrogen and oxygen atoms in total. The van der Waals surface area contributed by atoms with Gasteiger partial charge in [-0.05, 0) is 63.4 Å². The van der Waals surface area contributed by atoms with E-state index in [1.54, 1.807) is 4.90 Å². The number of benzene rings is 1. The van der Waals surface area contributed by atoms with E-state index in [0.717, 1.165) is 43.6 Å². The summed E-state index contributed by atoms with van der Waals surface area (Å²) < 4.78 is 0. The van der Waals surface area contributed by atoms with Gasteiger partial charge in [-0.15, -0.1) is 0 Å². The molecule has 29 heavy (non-hydrogen) atoms. The third kappa shape index (κ3) is 4.07. The molecule has 1 atom stereocenters. The Labute approximate surface area is 171 Å². The quantitative estimate of drug-likeness (QED) is 0.733. The number of carbonyl (C=O) groups is 3. The fraction of sp³-hybridized carbons (Fsp3) is 0.591. The second-order valence-corrected chi connectivity index (χ2v) is 8.64. The Hall–Kier alpha value is -2.25. The largest absolute Gasteiger partial charge is 0.322 e. The van der Waals surface area contributed by atoms with E-state index in [-0.39, 0.29) is 24.1 Å². The molecule has 2 saturated heterocycles. The van der Waals surface area contributed by atoms with Gasteiger partial charge >= 0.3 is 0 Å². The first-order valence-electron chi connectivity index (χ1n) is 10.7. The predicted molar refractivity (Wildman–Crippen MR) is 109 cm³/mol. The summed E-state index contributed by atoms with van der Waals surface area (Å²) in [6.45, 7) is 7.82. The molecule has 0 saturated carbocycles. The van der Waals surface area contributed by atoms with Crippen molar-refractivity contribution in [2.75, 3.05) is 13.1 Å². The molecule has 2 fully saturated rings. The van der Waals surface area contributed by atoms with E-state index in [0.29, 0.717) is 30.6 Å². The number of amides is 3. The third-order valence-electron chi connectivity index (χ3n) is 6.40. The van der Waals surface area contributed by atoms with Crippen molar-refractivity contribution in [1.29, 1.82) is 0 Å². The molecule has 4 rings (SSSR count). The molecule has 2 N–H and O–H groups in total. The normalized spacial score (nSPS) is 23.1. The first-order chi connectivity index (χ1) is 13.9. The van der Waals surface area contributed by atoms with Gasteiger partial charge in [-0.25, -0.2) is 0 Å². The number of carbonyl (C=O) groups excluding carboxylic acids is 3. The summed E-state index contributed by atoms with van der Waals surface area (Å²) in [5.41, 5.74) is 2.79. The average molecular weight is 399 g/mol. The summed E-state index contributed by atoms with van der Waals surface area (Å²) in [6.07, 6.45) is 2.96. The summed E-state index contributed by atoms with van der Waals surface area (Å²) in [6, 6.07) is 6.56. The van der Waals surface area contributed by atoms with Crippen LogP contribution in [0.2, 0.25) is 0 Å². The van der Waals surface area contributed by atoms with Crippen molar-refractivity contribution < 1.29 is 14.4 Å². The van der Waals surface area contributed by atoms with E-state index in [9.17, 15) is 14.4 Å². The Balaban J connectivity index is 1.50. The van der Waals surface area contributed by atoms with Gasteiger partial charge < -0.3 is 10.2 Å². The molecule has 0 spiro atoms. The van der Waals surface area contributed by atoms with E-state index in [1.165, 1.54) is 0 Å². The molecular formula is C22H30N4O3. The van der Waals surface area contributed by atoms with Gasteiger partial charge in [0.2, 0.25) is 11.8 Å². The lowest BCUT2D eigenvalue weighted by atomic mass is 10.0. The lowest BCUT2D eigenvalue weighted by Crippen LogP contribution is -2.52. The van der Waals surface area contributed by atoms with Gasteiger partial charge in [-0.2, -0.15) is 0 Å². The van der Waals surface area contributed by atoms with Gasteiger partial charge in [0.25, 0.3) is 5.91 Å². The molecule has 0 aliphatic carbocycles. The Morgan fingerprint density at radius 1 is 1.14 bits per heavy atom. The number of hydrogen-bond acceptors (Lipinski definition) is 5. The maximum atomic E-state index is 13.0. The van der Waals surface area contributed by atoms with E-state index in [4.69, 9.17) is 0 Å². The number of rotatable bonds is 5. The molecule has 1 aromatic rings. The highest BCUT2D eigenvalue weighted by Gasteiger charge is 2.39. The van der Waals surface area contributed by atoms with Gasteiger partial charge in [0.05, 0.1) is 0 Å². The van der Waals surface area contributed by atoms with Crippen molar-refractivity contribution in [3.63, 3.8) is 0 Å². The van der Waals surface area contributed by atoms with Crippen LogP contribution in [0.15, 0.2) is 18.2 Å². The highest BCUT2D eigenvalue weighted by molar-refractivity contribution is 6.05. The van der Waals surface area contributed by atoms with E-state index >= 15 is 0 Å². The van der Waals surface area contributed by atoms with Crippen molar-refractivity contribution in [2.24, 2.45) is 0 Å². The molecule has 1 unspecified atom stereocenters. The molecule has 3 amide bonds. The Bertz CT molecular complexity index is 816. The van der Waals surface area contributed by atoms with Crippen molar-refractivity contribution in [3.05, 3.63) is 34.9 Å². The molecule has 0 bridgehead atoms. The Morgan fingerprint density at radius 3 is 2.59 bits per heavy atom. The second-order valence-electron chi connectivity index (χ2n) is 8.64. The van der Waals surface area contributed by atoms with Crippen molar-refractivity contribution in [1.82, 2.24) is 20.4 Å². The van der Waals surface area contributed by atoms with Crippen molar-refractivity contribution >= 4 is 17.7 Å². The van der Waals surface area contributed by atoms with Crippen LogP contribution in [0.1, 0.15) is 61.0 Å². The molecule has 0 aromatic heterocycles. The number of imide groups is 1. The number of piperidine rings is 2. The van der Waals surface area contributed by atoms with Crippen molar-refractivity contribution in [2.45, 2.75) is 70.7 Å². The summed E-state index contributed by atoms with van der Waals surface area (Å²) in [5.74, 6) is -0.724. The van der Waals surface area contributed by atoms with Crippen LogP contribution in [0.3, 0.4) is 0 Å². The first kappa shape index (κ1) is 20.0. The van der Waals surface area contributed by atoms with Crippen LogP contribution >= 0.6 is 0 Å². The fourth-order valence-corrected chi connectivity index (χ4v) is 4.78. The third-order valence-corrected chi connectivity index (χ3v) is 6.40. The lowest BCUT2D eigenvalue weighted by molar-refractivity contribution is -0.136. The average Bonchev–Trinajstić information content (AvgIpc) is 3.02. The highest BCUT2D eigenvalue weighted by Crippen LogP contribution is 2.29. The molecule has 3 aliphatic rings. The van der Waals surface area contributed by atoms with Gasteiger partial charge in [-0.3, -0.25) is 24.6 Å². The second kappa shape index (κ2) is 8.24. The minimum atomic E-state index is -0.557. The van der Waals surface area contributed by atoms with Gasteiger partial charge in [0.15, 0.2) is 0 Å². The molecule has 1 aromatic carbocycles. The predicted octanol–water partition coefficient (Wildman–Crippen LogP) is 1.41. The molecule has 7 heteroatoms. The van der Waals surface area contributed by atoms with Crippen LogP contribution < -0.4 is 10.6 Å². The smallest absolute Gasteiger partial charge is 0.255 e. The maximum Gasteiger partial charge on any atom is 0.255 e. The monoisotopic (exact) mass is 398 g/mol. The zero-order valence-electron chi connectivity index (χ0n) is 17.2. The summed E-state index contributed by atoms with van der Waals surface area (Å²) in [7, 11) is 0. The van der Waals surface area contributed by atoms with Crippen LogP contribution in [0.4, 0.5) is 0 Å². The summed E-state index contributed by atoms with van der Waals surface area (Å²) in [4.78, 5) is 40.8. The van der Waals surface area contributed by atoms with Gasteiger partial charge in [0, 0.05) is 37.2 Å². The standard InChI is InChI=1S/C22H30N4O3/c1-14(2)25(17-7-9-23-10-8-17)12-15-3-4-16-13-26(22(29)18(16)11-15)19-5-6-20(27)24-21(19)28/h3-4,11,14,17,19,23H,5-10,12-13H2,1-2H3,(H,24,27,28). The fourth-order valence-electron chi connectivity index (χ4n) is 4.78. The number of fused-ring (bicyclic) bond motifs is 1. The molecular weight excluding hydrogens is 368 g/mol. The number of nitrogens with one attached hydrogen (secondary N) is 2. The number of hydrogen-bond donors (Lipinski definition) is 2. The zero-order chi connectivity index (χ0) is 20.5. The first-order valence-corrected chi connectivity index (χ1v) is 10.7.